The molecule has 0 unspecified atom stereocenters. The number of anilines is 3. The summed E-state index contributed by atoms with van der Waals surface area (Å²) in [6.45, 7) is 14.2. The number of aromatic amines is 1. The molecule has 5 aromatic heterocycles. The second-order valence-corrected chi connectivity index (χ2v) is 14.6. The number of nitrogens with one attached hydrogen (secondary N) is 4. The van der Waals surface area contributed by atoms with Gasteiger partial charge in [0.25, 0.3) is 5.56 Å². The lowest BCUT2D eigenvalue weighted by molar-refractivity contribution is 0.564. The summed E-state index contributed by atoms with van der Waals surface area (Å²) in [5, 5.41) is 9.61. The van der Waals surface area contributed by atoms with Crippen molar-refractivity contribution in [2.24, 2.45) is 0 Å². The maximum Gasteiger partial charge on any atom is 0.349 e. The molecule has 8 aromatic rings. The zero-order valence-electron chi connectivity index (χ0n) is 34.2. The first-order valence-electron chi connectivity index (χ1n) is 19.6. The predicted octanol–water partition coefficient (Wildman–Crippen LogP) is 7.77. The fourth-order valence-electron chi connectivity index (χ4n) is 6.00. The summed E-state index contributed by atoms with van der Waals surface area (Å²) >= 11 is 0. The smallest absolute Gasteiger partial charge is 0.349 e. The Labute approximate surface area is 342 Å². The molecule has 0 fully saturated rings. The summed E-state index contributed by atoms with van der Waals surface area (Å²) in [7, 11) is 0. The Morgan fingerprint density at radius 3 is 1.59 bits per heavy atom. The Bertz CT molecular complexity index is 2650. The zero-order valence-corrected chi connectivity index (χ0v) is 34.2. The molecule has 0 saturated heterocycles. The monoisotopic (exact) mass is 793 g/mol. The highest BCUT2D eigenvalue weighted by atomic mass is 16.1. The zero-order chi connectivity index (χ0) is 41.7. The van der Waals surface area contributed by atoms with Crippen LogP contribution < -0.4 is 27.2 Å². The van der Waals surface area contributed by atoms with Gasteiger partial charge in [-0.05, 0) is 64.3 Å². The SMILES string of the molecule is CC(C)n1ccc(NCc2ccccc2)nc1=O.CC(C)n1cnc2c(=O)[nH]c(NCc3ccccc3)nc21.CC(C)n1cnc2c(NCc3ccccc3)ncnc21. The molecule has 8 rings (SSSR count). The number of benzene rings is 3. The van der Waals surface area contributed by atoms with Crippen LogP contribution in [0.4, 0.5) is 17.6 Å². The van der Waals surface area contributed by atoms with E-state index in [9.17, 15) is 9.59 Å². The molecule has 0 radical (unpaired) electrons. The third kappa shape index (κ3) is 11.0. The van der Waals surface area contributed by atoms with Crippen molar-refractivity contribution in [3.05, 3.63) is 160 Å². The van der Waals surface area contributed by atoms with Crippen LogP contribution in [0.25, 0.3) is 22.3 Å². The molecule has 15 heteroatoms. The first kappa shape index (κ1) is 41.5. The molecule has 0 atom stereocenters. The highest BCUT2D eigenvalue weighted by molar-refractivity contribution is 5.82. The molecule has 0 saturated carbocycles. The number of aromatic nitrogens is 10. The Balaban J connectivity index is 0.000000149. The summed E-state index contributed by atoms with van der Waals surface area (Å²) in [5.74, 6) is 1.85. The molecular weight excluding hydrogens is 743 g/mol. The highest BCUT2D eigenvalue weighted by Gasteiger charge is 2.13. The van der Waals surface area contributed by atoms with Crippen LogP contribution in [0.1, 0.15) is 76.4 Å². The maximum absolute atomic E-state index is 12.0. The molecule has 5 heterocycles. The number of nitrogens with zero attached hydrogens (tertiary/aromatic N) is 9. The first-order valence-corrected chi connectivity index (χ1v) is 19.6. The normalized spacial score (nSPS) is 11.0. The van der Waals surface area contributed by atoms with Crippen LogP contribution in [0.3, 0.4) is 0 Å². The molecule has 3 aromatic carbocycles. The molecular formula is C44H51N13O2. The third-order valence-electron chi connectivity index (χ3n) is 9.21. The van der Waals surface area contributed by atoms with Crippen molar-refractivity contribution in [2.45, 2.75) is 79.3 Å². The summed E-state index contributed by atoms with van der Waals surface area (Å²) in [6.07, 6.45) is 6.82. The maximum atomic E-state index is 12.0. The molecule has 0 spiro atoms. The highest BCUT2D eigenvalue weighted by Crippen LogP contribution is 2.21. The Kier molecular flexibility index (Phi) is 13.9. The molecule has 0 aliphatic rings. The van der Waals surface area contributed by atoms with Gasteiger partial charge in [-0.1, -0.05) is 91.0 Å². The lowest BCUT2D eigenvalue weighted by Crippen LogP contribution is -2.24. The second-order valence-electron chi connectivity index (χ2n) is 14.6. The lowest BCUT2D eigenvalue weighted by atomic mass is 10.2. The summed E-state index contributed by atoms with van der Waals surface area (Å²) < 4.78 is 5.54. The van der Waals surface area contributed by atoms with Crippen LogP contribution in [0.5, 0.6) is 0 Å². The van der Waals surface area contributed by atoms with Gasteiger partial charge in [0.15, 0.2) is 22.6 Å². The van der Waals surface area contributed by atoms with Gasteiger partial charge in [-0.25, -0.2) is 24.7 Å². The predicted molar refractivity (Wildman–Crippen MR) is 234 cm³/mol. The fraction of sp³-hybridized carbons (Fsp3) is 0.273. The molecule has 0 aliphatic heterocycles. The largest absolute Gasteiger partial charge is 0.366 e. The van der Waals surface area contributed by atoms with Crippen LogP contribution >= 0.6 is 0 Å². The van der Waals surface area contributed by atoms with E-state index in [0.29, 0.717) is 42.1 Å². The van der Waals surface area contributed by atoms with Gasteiger partial charge >= 0.3 is 5.69 Å². The quantitative estimate of drug-likeness (QED) is 0.0950. The second kappa shape index (κ2) is 19.8. The number of fused-ring (bicyclic) bond motifs is 2. The van der Waals surface area contributed by atoms with E-state index < -0.39 is 0 Å². The van der Waals surface area contributed by atoms with Crippen LogP contribution in [0, 0.1) is 0 Å². The van der Waals surface area contributed by atoms with Crippen molar-refractivity contribution in [2.75, 3.05) is 16.0 Å². The lowest BCUT2D eigenvalue weighted by Gasteiger charge is -2.10. The van der Waals surface area contributed by atoms with Gasteiger partial charge in [0.05, 0.1) is 12.7 Å². The van der Waals surface area contributed by atoms with Gasteiger partial charge in [-0.3, -0.25) is 14.3 Å². The van der Waals surface area contributed by atoms with Crippen LogP contribution in [0.15, 0.2) is 132 Å². The molecule has 59 heavy (non-hydrogen) atoms. The van der Waals surface area contributed by atoms with E-state index in [1.807, 2.05) is 128 Å². The molecule has 4 N–H and O–H groups in total. The van der Waals surface area contributed by atoms with Crippen molar-refractivity contribution >= 4 is 39.9 Å². The van der Waals surface area contributed by atoms with E-state index in [1.165, 1.54) is 5.56 Å². The van der Waals surface area contributed by atoms with E-state index in [4.69, 9.17) is 0 Å². The molecule has 15 nitrogen and oxygen atoms in total. The van der Waals surface area contributed by atoms with Crippen molar-refractivity contribution in [3.8, 4) is 0 Å². The van der Waals surface area contributed by atoms with E-state index in [0.717, 1.165) is 34.7 Å². The number of hydrogen-bond acceptors (Lipinski definition) is 11. The summed E-state index contributed by atoms with van der Waals surface area (Å²) in [5.41, 5.74) is 5.70. The molecule has 0 bridgehead atoms. The fourth-order valence-corrected chi connectivity index (χ4v) is 6.00. The minimum atomic E-state index is -0.227. The Hall–Kier alpha value is -7.16. The van der Waals surface area contributed by atoms with Crippen molar-refractivity contribution in [1.82, 2.24) is 48.6 Å². The van der Waals surface area contributed by atoms with Gasteiger partial charge in [0.2, 0.25) is 5.95 Å². The summed E-state index contributed by atoms with van der Waals surface area (Å²) in [4.78, 5) is 52.1. The van der Waals surface area contributed by atoms with Gasteiger partial charge < -0.3 is 25.1 Å². The Morgan fingerprint density at radius 1 is 0.542 bits per heavy atom. The topological polar surface area (TPSA) is 178 Å². The molecule has 304 valence electrons. The van der Waals surface area contributed by atoms with Gasteiger partial charge in [0.1, 0.15) is 17.7 Å². The Morgan fingerprint density at radius 2 is 1.05 bits per heavy atom. The number of rotatable bonds is 12. The minimum absolute atomic E-state index is 0.133. The third-order valence-corrected chi connectivity index (χ3v) is 9.21. The summed E-state index contributed by atoms with van der Waals surface area (Å²) in [6, 6.07) is 32.7. The number of H-pyrrole nitrogens is 1. The van der Waals surface area contributed by atoms with Crippen molar-refractivity contribution in [3.63, 3.8) is 0 Å². The van der Waals surface area contributed by atoms with E-state index in [2.05, 4.69) is 76.8 Å². The van der Waals surface area contributed by atoms with Crippen LogP contribution in [0.2, 0.25) is 0 Å². The number of hydrogen-bond donors (Lipinski definition) is 4. The number of imidazole rings is 2. The van der Waals surface area contributed by atoms with Crippen molar-refractivity contribution in [1.29, 1.82) is 0 Å². The van der Waals surface area contributed by atoms with E-state index in [1.54, 1.807) is 23.4 Å². The van der Waals surface area contributed by atoms with Gasteiger partial charge in [0, 0.05) is 44.0 Å². The van der Waals surface area contributed by atoms with Crippen LogP contribution in [-0.2, 0) is 19.6 Å². The van der Waals surface area contributed by atoms with E-state index in [-0.39, 0.29) is 23.3 Å². The van der Waals surface area contributed by atoms with Gasteiger partial charge in [-0.15, -0.1) is 0 Å². The van der Waals surface area contributed by atoms with Gasteiger partial charge in [-0.2, -0.15) is 9.97 Å². The van der Waals surface area contributed by atoms with Crippen molar-refractivity contribution < 1.29 is 0 Å². The first-order chi connectivity index (χ1) is 28.6. The average Bonchev–Trinajstić information content (AvgIpc) is 3.89. The van der Waals surface area contributed by atoms with Crippen LogP contribution in [-0.4, -0.2) is 48.6 Å². The van der Waals surface area contributed by atoms with E-state index >= 15 is 0 Å². The molecule has 0 amide bonds. The molecule has 0 aliphatic carbocycles. The average molecular weight is 794 g/mol. The minimum Gasteiger partial charge on any atom is -0.366 e. The standard InChI is InChI=1S/C15H17N5O.C15H17N5.C14H17N3O/c1-10(2)20-9-17-12-13(20)18-15(19-14(12)21)16-8-11-6-4-3-5-7-11;1-11(2)20-10-19-13-14(17-9-18-15(13)20)16-8-12-6-4-3-5-7-12;1-11(2)17-9-8-13(16-14(17)18)15-10-12-6-4-3-5-7-12/h3-7,9-10H,8H2,1-2H3,(H2,16,18,19,21);3-7,9-11H,8H2,1-2H3,(H,16,17,18);3-9,11H,10H2,1-2H3,(H,15,16,18).